The third kappa shape index (κ3) is 5.06. The molecule has 5 nitrogen and oxygen atoms in total. The summed E-state index contributed by atoms with van der Waals surface area (Å²) in [5.74, 6) is 0.790. The highest BCUT2D eigenvalue weighted by atomic mass is 32.2. The lowest BCUT2D eigenvalue weighted by atomic mass is 10.0. The molecule has 0 saturated heterocycles. The van der Waals surface area contributed by atoms with Crippen LogP contribution in [0.3, 0.4) is 0 Å². The molecule has 0 amide bonds. The first-order chi connectivity index (χ1) is 12.3. The van der Waals surface area contributed by atoms with Crippen LogP contribution in [0, 0.1) is 0 Å². The molecule has 26 heavy (non-hydrogen) atoms. The lowest BCUT2D eigenvalue weighted by Gasteiger charge is -2.19. The summed E-state index contributed by atoms with van der Waals surface area (Å²) in [6, 6.07) is 11.5. The lowest BCUT2D eigenvalue weighted by molar-refractivity contribution is 0.133. The first kappa shape index (κ1) is 20.4. The van der Waals surface area contributed by atoms with E-state index in [1.54, 1.807) is 20.4 Å². The van der Waals surface area contributed by atoms with Gasteiger partial charge in [0.1, 0.15) is 28.0 Å². The maximum Gasteiger partial charge on any atom is 0.144 e. The SMILES string of the molecule is COc1ccc([C@@H](OC)c2cc(C(C)=N[S+]([O-])C(C)(C)C)ccn2)cc1. The predicted molar refractivity (Wildman–Crippen MR) is 106 cm³/mol. The number of rotatable bonds is 6. The molecule has 2 atom stereocenters. The second-order valence-corrected chi connectivity index (χ2v) is 8.80. The van der Waals surface area contributed by atoms with Crippen LogP contribution in [0.15, 0.2) is 47.0 Å². The highest BCUT2D eigenvalue weighted by Gasteiger charge is 2.27. The van der Waals surface area contributed by atoms with E-state index in [0.717, 1.165) is 22.6 Å². The molecule has 6 heteroatoms. The molecule has 2 aromatic rings. The second kappa shape index (κ2) is 8.66. The van der Waals surface area contributed by atoms with E-state index in [2.05, 4.69) is 9.38 Å². The van der Waals surface area contributed by atoms with Gasteiger partial charge in [-0.2, -0.15) is 0 Å². The van der Waals surface area contributed by atoms with Crippen LogP contribution in [-0.2, 0) is 16.1 Å². The molecule has 1 heterocycles. The number of methoxy groups -OCH3 is 2. The molecule has 0 radical (unpaired) electrons. The topological polar surface area (TPSA) is 66.8 Å². The molecular formula is C20H26N2O3S. The third-order valence-electron chi connectivity index (χ3n) is 3.87. The van der Waals surface area contributed by atoms with Crippen LogP contribution in [0.5, 0.6) is 5.75 Å². The molecule has 0 N–H and O–H groups in total. The standard InChI is InChI=1S/C20H26N2O3S/c1-14(22-26(23)20(2,3)4)16-11-12-21-18(13-16)19(25-6)15-7-9-17(24-5)10-8-15/h7-13,19H,1-6H3/t19-,26?/m1/s1. The summed E-state index contributed by atoms with van der Waals surface area (Å²) in [6.45, 7) is 7.57. The van der Waals surface area contributed by atoms with Crippen molar-refractivity contribution >= 4 is 17.1 Å². The van der Waals surface area contributed by atoms with Gasteiger partial charge in [-0.05, 0) is 57.5 Å². The van der Waals surface area contributed by atoms with Crippen molar-refractivity contribution in [1.29, 1.82) is 0 Å². The lowest BCUT2D eigenvalue weighted by Crippen LogP contribution is -2.26. The summed E-state index contributed by atoms with van der Waals surface area (Å²) in [4.78, 5) is 4.45. The molecule has 0 bridgehead atoms. The normalized spacial score (nSPS) is 14.8. The average Bonchev–Trinajstić information content (AvgIpc) is 2.62. The predicted octanol–water partition coefficient (Wildman–Crippen LogP) is 4.10. The number of aromatic nitrogens is 1. The summed E-state index contributed by atoms with van der Waals surface area (Å²) >= 11 is -1.30. The Kier molecular flexibility index (Phi) is 6.81. The van der Waals surface area contributed by atoms with Crippen LogP contribution in [0.25, 0.3) is 0 Å². The first-order valence-corrected chi connectivity index (χ1v) is 9.47. The Bertz CT molecular complexity index is 754. The van der Waals surface area contributed by atoms with Crippen molar-refractivity contribution in [2.75, 3.05) is 14.2 Å². The van der Waals surface area contributed by atoms with Crippen LogP contribution in [0.1, 0.15) is 50.6 Å². The van der Waals surface area contributed by atoms with Gasteiger partial charge >= 0.3 is 0 Å². The number of pyridine rings is 1. The van der Waals surface area contributed by atoms with E-state index in [1.807, 2.05) is 64.1 Å². The van der Waals surface area contributed by atoms with E-state index in [4.69, 9.17) is 9.47 Å². The highest BCUT2D eigenvalue weighted by molar-refractivity contribution is 7.91. The Balaban J connectivity index is 2.32. The Morgan fingerprint density at radius 3 is 2.35 bits per heavy atom. The van der Waals surface area contributed by atoms with Gasteiger partial charge < -0.3 is 14.0 Å². The summed E-state index contributed by atoms with van der Waals surface area (Å²) in [5, 5.41) is 0. The molecule has 0 saturated carbocycles. The molecule has 1 aromatic heterocycles. The summed E-state index contributed by atoms with van der Waals surface area (Å²) in [5.41, 5.74) is 3.34. The van der Waals surface area contributed by atoms with Gasteiger partial charge in [0.15, 0.2) is 0 Å². The van der Waals surface area contributed by atoms with Crippen molar-refractivity contribution in [2.45, 2.75) is 38.5 Å². The highest BCUT2D eigenvalue weighted by Crippen LogP contribution is 2.26. The summed E-state index contributed by atoms with van der Waals surface area (Å²) in [6.07, 6.45) is 1.42. The molecule has 0 fully saturated rings. The number of benzene rings is 1. The van der Waals surface area contributed by atoms with Crippen molar-refractivity contribution in [3.05, 3.63) is 59.4 Å². The minimum atomic E-state index is -1.30. The number of nitrogens with zero attached hydrogens (tertiary/aromatic N) is 2. The van der Waals surface area contributed by atoms with Crippen LogP contribution in [0.4, 0.5) is 0 Å². The van der Waals surface area contributed by atoms with Crippen molar-refractivity contribution in [1.82, 2.24) is 4.98 Å². The van der Waals surface area contributed by atoms with Crippen LogP contribution in [0.2, 0.25) is 0 Å². The van der Waals surface area contributed by atoms with Gasteiger partial charge in [0, 0.05) is 18.9 Å². The molecule has 0 aliphatic carbocycles. The zero-order valence-corrected chi connectivity index (χ0v) is 17.0. The smallest absolute Gasteiger partial charge is 0.144 e. The molecule has 0 aliphatic heterocycles. The Morgan fingerprint density at radius 1 is 1.15 bits per heavy atom. The van der Waals surface area contributed by atoms with Crippen molar-refractivity contribution in [3.63, 3.8) is 0 Å². The third-order valence-corrected chi connectivity index (χ3v) is 5.35. The van der Waals surface area contributed by atoms with Gasteiger partial charge in [-0.1, -0.05) is 16.5 Å². The minimum absolute atomic E-state index is 0.304. The number of ether oxygens (including phenoxy) is 2. The fraction of sp³-hybridized carbons (Fsp3) is 0.400. The molecule has 1 unspecified atom stereocenters. The van der Waals surface area contributed by atoms with Crippen molar-refractivity contribution < 1.29 is 14.0 Å². The quantitative estimate of drug-likeness (QED) is 0.564. The van der Waals surface area contributed by atoms with Crippen molar-refractivity contribution in [2.24, 2.45) is 4.40 Å². The van der Waals surface area contributed by atoms with E-state index in [9.17, 15) is 4.55 Å². The van der Waals surface area contributed by atoms with Gasteiger partial charge in [0.2, 0.25) is 0 Å². The summed E-state index contributed by atoms with van der Waals surface area (Å²) < 4.78 is 27.1. The fourth-order valence-corrected chi connectivity index (χ4v) is 2.97. The van der Waals surface area contributed by atoms with Gasteiger partial charge in [0.05, 0.1) is 18.5 Å². The monoisotopic (exact) mass is 374 g/mol. The van der Waals surface area contributed by atoms with Gasteiger partial charge in [-0.25, -0.2) is 0 Å². The molecule has 0 aliphatic rings. The number of hydrogen-bond donors (Lipinski definition) is 0. The van der Waals surface area contributed by atoms with E-state index < -0.39 is 16.1 Å². The first-order valence-electron chi connectivity index (χ1n) is 8.36. The van der Waals surface area contributed by atoms with E-state index >= 15 is 0 Å². The van der Waals surface area contributed by atoms with Crippen LogP contribution >= 0.6 is 0 Å². The largest absolute Gasteiger partial charge is 0.591 e. The minimum Gasteiger partial charge on any atom is -0.591 e. The average molecular weight is 375 g/mol. The van der Waals surface area contributed by atoms with E-state index in [1.165, 1.54) is 0 Å². The zero-order valence-electron chi connectivity index (χ0n) is 16.1. The number of hydrogen-bond acceptors (Lipinski definition) is 5. The Hall–Kier alpha value is -1.89. The maximum atomic E-state index is 12.3. The fourth-order valence-electron chi connectivity index (χ4n) is 2.34. The molecule has 0 spiro atoms. The Morgan fingerprint density at radius 2 is 1.81 bits per heavy atom. The van der Waals surface area contributed by atoms with Gasteiger partial charge in [-0.3, -0.25) is 4.98 Å². The molecule has 2 rings (SSSR count). The molecule has 140 valence electrons. The van der Waals surface area contributed by atoms with Crippen LogP contribution in [-0.4, -0.2) is 34.2 Å². The molecule has 1 aromatic carbocycles. The zero-order chi connectivity index (χ0) is 19.3. The maximum absolute atomic E-state index is 12.3. The van der Waals surface area contributed by atoms with E-state index in [0.29, 0.717) is 5.71 Å². The van der Waals surface area contributed by atoms with Crippen LogP contribution < -0.4 is 4.74 Å². The van der Waals surface area contributed by atoms with Gasteiger partial charge in [-0.15, -0.1) is 0 Å². The summed E-state index contributed by atoms with van der Waals surface area (Å²) in [7, 11) is 3.29. The Labute approximate surface area is 158 Å². The van der Waals surface area contributed by atoms with Crippen molar-refractivity contribution in [3.8, 4) is 5.75 Å². The van der Waals surface area contributed by atoms with E-state index in [-0.39, 0.29) is 6.10 Å². The van der Waals surface area contributed by atoms with Gasteiger partial charge in [0.25, 0.3) is 0 Å². The molecular weight excluding hydrogens is 348 g/mol. The second-order valence-electron chi connectivity index (χ2n) is 6.90.